The van der Waals surface area contributed by atoms with Crippen LogP contribution in [0.4, 0.5) is 4.79 Å². The van der Waals surface area contributed by atoms with Gasteiger partial charge in [0.2, 0.25) is 5.91 Å². The summed E-state index contributed by atoms with van der Waals surface area (Å²) >= 11 is 0. The highest BCUT2D eigenvalue weighted by Gasteiger charge is 2.21. The average Bonchev–Trinajstić information content (AvgIpc) is 2.42. The topological polar surface area (TPSA) is 67.4 Å². The molecule has 0 bridgehead atoms. The number of nitrogens with one attached hydrogen (secondary N) is 2. The van der Waals surface area contributed by atoms with Gasteiger partial charge in [-0.2, -0.15) is 0 Å². The lowest BCUT2D eigenvalue weighted by molar-refractivity contribution is -0.120. The molecule has 0 aliphatic heterocycles. The van der Waals surface area contributed by atoms with Crippen LogP contribution in [0.5, 0.6) is 0 Å². The van der Waals surface area contributed by atoms with Gasteiger partial charge in [0.05, 0.1) is 6.54 Å². The van der Waals surface area contributed by atoms with E-state index in [0.29, 0.717) is 6.54 Å². The van der Waals surface area contributed by atoms with Gasteiger partial charge in [0.25, 0.3) is 0 Å². The van der Waals surface area contributed by atoms with Crippen LogP contribution < -0.4 is 10.6 Å². The van der Waals surface area contributed by atoms with Gasteiger partial charge >= 0.3 is 6.09 Å². The van der Waals surface area contributed by atoms with Crippen LogP contribution in [0.2, 0.25) is 0 Å². The molecule has 0 saturated heterocycles. The minimum absolute atomic E-state index is 0.0974. The maximum Gasteiger partial charge on any atom is 0.408 e. The van der Waals surface area contributed by atoms with Gasteiger partial charge in [0.1, 0.15) is 5.60 Å². The van der Waals surface area contributed by atoms with Crippen molar-refractivity contribution in [2.45, 2.75) is 45.6 Å². The molecule has 0 aromatic heterocycles. The molecule has 5 nitrogen and oxygen atoms in total. The molecule has 2 N–H and O–H groups in total. The lowest BCUT2D eigenvalue weighted by Crippen LogP contribution is -2.43. The quantitative estimate of drug-likeness (QED) is 0.878. The van der Waals surface area contributed by atoms with E-state index in [2.05, 4.69) is 24.5 Å². The molecule has 0 atom stereocenters. The minimum atomic E-state index is -0.593. The average molecular weight is 306 g/mol. The number of amides is 2. The van der Waals surface area contributed by atoms with Gasteiger partial charge in [-0.05, 0) is 26.3 Å². The molecule has 0 spiro atoms. The highest BCUT2D eigenvalue weighted by molar-refractivity contribution is 5.82. The predicted molar refractivity (Wildman–Crippen MR) is 86.7 cm³/mol. The van der Waals surface area contributed by atoms with Crippen molar-refractivity contribution in [2.24, 2.45) is 0 Å². The highest BCUT2D eigenvalue weighted by atomic mass is 16.6. The molecule has 0 aliphatic carbocycles. The van der Waals surface area contributed by atoms with Gasteiger partial charge in [0, 0.05) is 12.0 Å². The number of hydrogen-bond donors (Lipinski definition) is 2. The standard InChI is InChI=1S/C17H26N2O3/c1-16(2,3)22-15(21)18-11-14(20)19-12-17(4,5)13-9-7-6-8-10-13/h6-10H,11-12H2,1-5H3,(H,18,21)(H,19,20). The molecule has 122 valence electrons. The van der Waals surface area contributed by atoms with Gasteiger partial charge in [0.15, 0.2) is 0 Å². The smallest absolute Gasteiger partial charge is 0.408 e. The largest absolute Gasteiger partial charge is 0.444 e. The first-order valence-electron chi connectivity index (χ1n) is 7.39. The first-order valence-corrected chi connectivity index (χ1v) is 7.39. The van der Waals surface area contributed by atoms with E-state index in [1.54, 1.807) is 20.8 Å². The molecule has 2 amide bonds. The fourth-order valence-electron chi connectivity index (χ4n) is 1.84. The summed E-state index contributed by atoms with van der Waals surface area (Å²) in [5, 5.41) is 5.27. The second-order valence-electron chi connectivity index (χ2n) is 6.88. The van der Waals surface area contributed by atoms with E-state index in [9.17, 15) is 9.59 Å². The highest BCUT2D eigenvalue weighted by Crippen LogP contribution is 2.21. The normalized spacial score (nSPS) is 11.7. The Kier molecular flexibility index (Phi) is 5.97. The van der Waals surface area contributed by atoms with E-state index in [-0.39, 0.29) is 17.9 Å². The van der Waals surface area contributed by atoms with Crippen molar-refractivity contribution in [1.82, 2.24) is 10.6 Å². The van der Waals surface area contributed by atoms with Crippen LogP contribution in [-0.4, -0.2) is 30.7 Å². The van der Waals surface area contributed by atoms with E-state index >= 15 is 0 Å². The molecule has 1 aromatic rings. The Morgan fingerprint density at radius 3 is 2.14 bits per heavy atom. The summed E-state index contributed by atoms with van der Waals surface area (Å²) in [5.74, 6) is -0.241. The third-order valence-corrected chi connectivity index (χ3v) is 3.07. The zero-order valence-electron chi connectivity index (χ0n) is 14.0. The van der Waals surface area contributed by atoms with Gasteiger partial charge in [-0.25, -0.2) is 4.79 Å². The molecular formula is C17H26N2O3. The summed E-state index contributed by atoms with van der Waals surface area (Å²) in [4.78, 5) is 23.3. The molecule has 1 rings (SSSR count). The zero-order valence-corrected chi connectivity index (χ0v) is 14.0. The summed E-state index contributed by atoms with van der Waals surface area (Å²) in [6.07, 6.45) is -0.593. The number of benzene rings is 1. The monoisotopic (exact) mass is 306 g/mol. The first kappa shape index (κ1) is 18.0. The lowest BCUT2D eigenvalue weighted by atomic mass is 9.84. The van der Waals surface area contributed by atoms with Crippen molar-refractivity contribution in [3.05, 3.63) is 35.9 Å². The Bertz CT molecular complexity index is 504. The van der Waals surface area contributed by atoms with Crippen molar-refractivity contribution < 1.29 is 14.3 Å². The summed E-state index contributed by atoms with van der Waals surface area (Å²) in [7, 11) is 0. The molecule has 0 saturated carbocycles. The van der Waals surface area contributed by atoms with Crippen LogP contribution in [0.3, 0.4) is 0 Å². The maximum absolute atomic E-state index is 11.8. The van der Waals surface area contributed by atoms with Crippen molar-refractivity contribution in [3.63, 3.8) is 0 Å². The molecule has 1 aromatic carbocycles. The van der Waals surface area contributed by atoms with Crippen LogP contribution in [-0.2, 0) is 14.9 Å². The molecule has 0 radical (unpaired) electrons. The number of rotatable bonds is 5. The van der Waals surface area contributed by atoms with Crippen molar-refractivity contribution in [3.8, 4) is 0 Å². The second-order valence-corrected chi connectivity index (χ2v) is 6.88. The Labute approximate surface area is 132 Å². The van der Waals surface area contributed by atoms with E-state index in [4.69, 9.17) is 4.74 Å². The third kappa shape index (κ3) is 6.61. The van der Waals surface area contributed by atoms with Gasteiger partial charge < -0.3 is 15.4 Å². The molecule has 0 heterocycles. The van der Waals surface area contributed by atoms with Crippen LogP contribution in [0.15, 0.2) is 30.3 Å². The zero-order chi connectivity index (χ0) is 16.8. The number of hydrogen-bond acceptors (Lipinski definition) is 3. The van der Waals surface area contributed by atoms with E-state index in [1.807, 2.05) is 30.3 Å². The van der Waals surface area contributed by atoms with Crippen LogP contribution in [0.1, 0.15) is 40.2 Å². The summed E-state index contributed by atoms with van der Waals surface area (Å²) in [5.41, 5.74) is 0.397. The fourth-order valence-corrected chi connectivity index (χ4v) is 1.84. The summed E-state index contributed by atoms with van der Waals surface area (Å²) < 4.78 is 5.07. The molecule has 5 heteroatoms. The van der Waals surface area contributed by atoms with Gasteiger partial charge in [-0.1, -0.05) is 44.2 Å². The van der Waals surface area contributed by atoms with Crippen LogP contribution in [0, 0.1) is 0 Å². The second kappa shape index (κ2) is 7.29. The Balaban J connectivity index is 2.39. The van der Waals surface area contributed by atoms with Crippen molar-refractivity contribution in [2.75, 3.05) is 13.1 Å². The van der Waals surface area contributed by atoms with Gasteiger partial charge in [-0.15, -0.1) is 0 Å². The minimum Gasteiger partial charge on any atom is -0.444 e. The molecule has 0 unspecified atom stereocenters. The third-order valence-electron chi connectivity index (χ3n) is 3.07. The van der Waals surface area contributed by atoms with Crippen molar-refractivity contribution in [1.29, 1.82) is 0 Å². The van der Waals surface area contributed by atoms with E-state index < -0.39 is 11.7 Å². The molecule has 0 fully saturated rings. The number of carbonyl (C=O) groups excluding carboxylic acids is 2. The van der Waals surface area contributed by atoms with Gasteiger partial charge in [-0.3, -0.25) is 4.79 Å². The Morgan fingerprint density at radius 1 is 1.00 bits per heavy atom. The number of ether oxygens (including phenoxy) is 1. The van der Waals surface area contributed by atoms with Crippen LogP contribution >= 0.6 is 0 Å². The Hall–Kier alpha value is -2.04. The number of carbonyl (C=O) groups is 2. The van der Waals surface area contributed by atoms with E-state index in [1.165, 1.54) is 0 Å². The fraction of sp³-hybridized carbons (Fsp3) is 0.529. The predicted octanol–water partition coefficient (Wildman–Crippen LogP) is 2.61. The summed E-state index contributed by atoms with van der Waals surface area (Å²) in [6.45, 7) is 9.83. The maximum atomic E-state index is 11.8. The SMILES string of the molecule is CC(C)(C)OC(=O)NCC(=O)NCC(C)(C)c1ccccc1. The molecule has 22 heavy (non-hydrogen) atoms. The van der Waals surface area contributed by atoms with E-state index in [0.717, 1.165) is 5.56 Å². The lowest BCUT2D eigenvalue weighted by Gasteiger charge is -2.25. The molecule has 0 aliphatic rings. The summed E-state index contributed by atoms with van der Waals surface area (Å²) in [6, 6.07) is 9.98. The number of alkyl carbamates (subject to hydrolysis) is 1. The Morgan fingerprint density at radius 2 is 1.59 bits per heavy atom. The van der Waals surface area contributed by atoms with Crippen LogP contribution in [0.25, 0.3) is 0 Å². The molecular weight excluding hydrogens is 280 g/mol. The van der Waals surface area contributed by atoms with Crippen molar-refractivity contribution >= 4 is 12.0 Å². The first-order chi connectivity index (χ1) is 10.1.